The number of benzene rings is 3. The standard InChI is InChI=1S/C20H15ClF2N2O4S/c21-16-11-15(30(27,28)25-14-7-5-13(22)6-8-14)9-10-19(16)29-12-20(26)24-18-4-2-1-3-17(18)23/h1-11,25H,12H2,(H,24,26). The van der Waals surface area contributed by atoms with Crippen LogP contribution in [0.25, 0.3) is 0 Å². The lowest BCUT2D eigenvalue weighted by Gasteiger charge is -2.12. The van der Waals surface area contributed by atoms with Crippen molar-refractivity contribution in [1.29, 1.82) is 0 Å². The first-order chi connectivity index (χ1) is 14.2. The van der Waals surface area contributed by atoms with Gasteiger partial charge in [0.05, 0.1) is 15.6 Å². The van der Waals surface area contributed by atoms with E-state index >= 15 is 0 Å². The Morgan fingerprint density at radius 1 is 1.00 bits per heavy atom. The Labute approximate surface area is 176 Å². The van der Waals surface area contributed by atoms with Gasteiger partial charge in [-0.25, -0.2) is 17.2 Å². The summed E-state index contributed by atoms with van der Waals surface area (Å²) in [7, 11) is -3.98. The summed E-state index contributed by atoms with van der Waals surface area (Å²) in [4.78, 5) is 11.8. The minimum Gasteiger partial charge on any atom is -0.482 e. The number of nitrogens with one attached hydrogen (secondary N) is 2. The highest BCUT2D eigenvalue weighted by atomic mass is 35.5. The Balaban J connectivity index is 1.65. The molecule has 3 aromatic carbocycles. The number of ether oxygens (including phenoxy) is 1. The first-order valence-electron chi connectivity index (χ1n) is 8.50. The summed E-state index contributed by atoms with van der Waals surface area (Å²) in [5.41, 5.74) is 0.183. The largest absolute Gasteiger partial charge is 0.482 e. The Bertz CT molecular complexity index is 1170. The number of hydrogen-bond acceptors (Lipinski definition) is 4. The van der Waals surface area contributed by atoms with Crippen LogP contribution < -0.4 is 14.8 Å². The maximum absolute atomic E-state index is 13.6. The fraction of sp³-hybridized carbons (Fsp3) is 0.0500. The summed E-state index contributed by atoms with van der Waals surface area (Å²) < 4.78 is 59.0. The number of sulfonamides is 1. The van der Waals surface area contributed by atoms with Crippen LogP contribution in [0.2, 0.25) is 5.02 Å². The second-order valence-electron chi connectivity index (χ2n) is 6.02. The van der Waals surface area contributed by atoms with E-state index in [2.05, 4.69) is 10.0 Å². The molecule has 156 valence electrons. The van der Waals surface area contributed by atoms with E-state index in [9.17, 15) is 22.0 Å². The lowest BCUT2D eigenvalue weighted by Crippen LogP contribution is -2.21. The Morgan fingerprint density at radius 3 is 2.37 bits per heavy atom. The van der Waals surface area contributed by atoms with E-state index in [1.165, 1.54) is 42.5 Å². The van der Waals surface area contributed by atoms with E-state index in [1.807, 2.05) is 0 Å². The van der Waals surface area contributed by atoms with Gasteiger partial charge in [0.2, 0.25) is 0 Å². The van der Waals surface area contributed by atoms with Gasteiger partial charge in [0, 0.05) is 5.69 Å². The van der Waals surface area contributed by atoms with Gasteiger partial charge in [-0.3, -0.25) is 9.52 Å². The zero-order valence-electron chi connectivity index (χ0n) is 15.2. The van der Waals surface area contributed by atoms with Crippen molar-refractivity contribution >= 4 is 38.9 Å². The van der Waals surface area contributed by atoms with Gasteiger partial charge in [-0.1, -0.05) is 23.7 Å². The second kappa shape index (κ2) is 9.10. The maximum atomic E-state index is 13.6. The first-order valence-corrected chi connectivity index (χ1v) is 10.4. The lowest BCUT2D eigenvalue weighted by atomic mass is 10.3. The minimum absolute atomic E-state index is 0.00510. The molecule has 0 bridgehead atoms. The van der Waals surface area contributed by atoms with Gasteiger partial charge in [0.15, 0.2) is 6.61 Å². The molecule has 0 spiro atoms. The van der Waals surface area contributed by atoms with Crippen molar-refractivity contribution in [2.75, 3.05) is 16.6 Å². The van der Waals surface area contributed by atoms with Gasteiger partial charge in [-0.2, -0.15) is 0 Å². The highest BCUT2D eigenvalue weighted by Crippen LogP contribution is 2.28. The van der Waals surface area contributed by atoms with E-state index in [0.29, 0.717) is 0 Å². The average Bonchev–Trinajstić information content (AvgIpc) is 2.70. The molecule has 0 radical (unpaired) electrons. The predicted octanol–water partition coefficient (Wildman–Crippen LogP) is 4.44. The van der Waals surface area contributed by atoms with E-state index in [0.717, 1.165) is 18.2 Å². The number of para-hydroxylation sites is 1. The zero-order valence-corrected chi connectivity index (χ0v) is 16.8. The number of rotatable bonds is 7. The summed E-state index contributed by atoms with van der Waals surface area (Å²) in [5, 5.41) is 2.31. The van der Waals surface area contributed by atoms with Crippen molar-refractivity contribution in [3.05, 3.63) is 83.4 Å². The van der Waals surface area contributed by atoms with Crippen LogP contribution in [0, 0.1) is 11.6 Å². The predicted molar refractivity (Wildman–Crippen MR) is 109 cm³/mol. The highest BCUT2D eigenvalue weighted by molar-refractivity contribution is 7.92. The molecule has 0 fully saturated rings. The molecule has 1 amide bonds. The molecule has 0 aliphatic rings. The van der Waals surface area contributed by atoms with Gasteiger partial charge in [-0.15, -0.1) is 0 Å². The molecule has 0 aromatic heterocycles. The number of carbonyl (C=O) groups is 1. The molecule has 3 aromatic rings. The molecule has 0 heterocycles. The summed E-state index contributed by atoms with van der Waals surface area (Å²) in [6, 6.07) is 14.1. The van der Waals surface area contributed by atoms with Crippen molar-refractivity contribution < 1.29 is 26.7 Å². The SMILES string of the molecule is O=C(COc1ccc(S(=O)(=O)Nc2ccc(F)cc2)cc1Cl)Nc1ccccc1F. The molecule has 2 N–H and O–H groups in total. The topological polar surface area (TPSA) is 84.5 Å². The third-order valence-electron chi connectivity index (χ3n) is 3.82. The van der Waals surface area contributed by atoms with Crippen molar-refractivity contribution in [1.82, 2.24) is 0 Å². The van der Waals surface area contributed by atoms with Crippen LogP contribution in [-0.2, 0) is 14.8 Å². The van der Waals surface area contributed by atoms with Gasteiger partial charge >= 0.3 is 0 Å². The van der Waals surface area contributed by atoms with Crippen LogP contribution >= 0.6 is 11.6 Å². The van der Waals surface area contributed by atoms with E-state index < -0.39 is 34.2 Å². The van der Waals surface area contributed by atoms with Crippen LogP contribution in [0.3, 0.4) is 0 Å². The average molecular weight is 453 g/mol. The Hall–Kier alpha value is -3.17. The molecule has 6 nitrogen and oxygen atoms in total. The zero-order chi connectivity index (χ0) is 21.7. The molecule has 3 rings (SSSR count). The quantitative estimate of drug-likeness (QED) is 0.555. The monoisotopic (exact) mass is 452 g/mol. The van der Waals surface area contributed by atoms with Crippen LogP contribution in [0.1, 0.15) is 0 Å². The molecule has 10 heteroatoms. The number of hydrogen-bond donors (Lipinski definition) is 2. The van der Waals surface area contributed by atoms with Gasteiger partial charge in [0.1, 0.15) is 17.4 Å². The van der Waals surface area contributed by atoms with Gasteiger partial charge < -0.3 is 10.1 Å². The second-order valence-corrected chi connectivity index (χ2v) is 8.11. The smallest absolute Gasteiger partial charge is 0.262 e. The van der Waals surface area contributed by atoms with E-state index in [4.69, 9.17) is 16.3 Å². The molecule has 0 saturated carbocycles. The first kappa shape index (κ1) is 21.5. The third kappa shape index (κ3) is 5.46. The molecule has 0 atom stereocenters. The van der Waals surface area contributed by atoms with Crippen LogP contribution in [0.15, 0.2) is 71.6 Å². The number of carbonyl (C=O) groups excluding carboxylic acids is 1. The number of anilines is 2. The minimum atomic E-state index is -3.98. The normalized spacial score (nSPS) is 11.0. The fourth-order valence-corrected chi connectivity index (χ4v) is 3.77. The van der Waals surface area contributed by atoms with Crippen molar-refractivity contribution in [2.24, 2.45) is 0 Å². The number of halogens is 3. The van der Waals surface area contributed by atoms with Crippen LogP contribution in [0.5, 0.6) is 5.75 Å². The Morgan fingerprint density at radius 2 is 1.70 bits per heavy atom. The summed E-state index contributed by atoms with van der Waals surface area (Å²) in [5.74, 6) is -1.64. The molecular formula is C20H15ClF2N2O4S. The van der Waals surface area contributed by atoms with Crippen LogP contribution in [-0.4, -0.2) is 20.9 Å². The van der Waals surface area contributed by atoms with E-state index in [1.54, 1.807) is 6.07 Å². The molecule has 0 unspecified atom stereocenters. The fourth-order valence-electron chi connectivity index (χ4n) is 2.39. The molecule has 0 saturated heterocycles. The summed E-state index contributed by atoms with van der Waals surface area (Å²) in [6.07, 6.45) is 0. The van der Waals surface area contributed by atoms with Gasteiger partial charge in [-0.05, 0) is 54.6 Å². The van der Waals surface area contributed by atoms with Crippen molar-refractivity contribution in [3.8, 4) is 5.75 Å². The van der Waals surface area contributed by atoms with Crippen molar-refractivity contribution in [3.63, 3.8) is 0 Å². The molecule has 30 heavy (non-hydrogen) atoms. The summed E-state index contributed by atoms with van der Waals surface area (Å²) >= 11 is 6.07. The Kier molecular flexibility index (Phi) is 6.53. The van der Waals surface area contributed by atoms with Crippen LogP contribution in [0.4, 0.5) is 20.2 Å². The van der Waals surface area contributed by atoms with Gasteiger partial charge in [0.25, 0.3) is 15.9 Å². The van der Waals surface area contributed by atoms with Crippen molar-refractivity contribution in [2.45, 2.75) is 4.90 Å². The van der Waals surface area contributed by atoms with E-state index in [-0.39, 0.29) is 27.0 Å². The molecule has 0 aliphatic heterocycles. The molecular weight excluding hydrogens is 438 g/mol. The maximum Gasteiger partial charge on any atom is 0.262 e. The summed E-state index contributed by atoms with van der Waals surface area (Å²) in [6.45, 7) is -0.464. The molecule has 0 aliphatic carbocycles. The highest BCUT2D eigenvalue weighted by Gasteiger charge is 2.17. The lowest BCUT2D eigenvalue weighted by molar-refractivity contribution is -0.118. The third-order valence-corrected chi connectivity index (χ3v) is 5.49. The number of amides is 1.